The number of hydrogen-bond donors (Lipinski definition) is 2. The summed E-state index contributed by atoms with van der Waals surface area (Å²) < 4.78 is 61.0. The monoisotopic (exact) mass is 486 g/mol. The van der Waals surface area contributed by atoms with Crippen LogP contribution in [0.3, 0.4) is 0 Å². The minimum absolute atomic E-state index is 0.187. The van der Waals surface area contributed by atoms with Gasteiger partial charge in [-0.15, -0.1) is 0 Å². The van der Waals surface area contributed by atoms with Crippen LogP contribution in [0.4, 0.5) is 28.0 Å². The second-order valence-corrected chi connectivity index (χ2v) is 7.13. The molecule has 11 heteroatoms. The molecule has 3 amide bonds. The van der Waals surface area contributed by atoms with Gasteiger partial charge < -0.3 is 10.1 Å². The minimum Gasteiger partial charge on any atom is -0.451 e. The first-order valence-corrected chi connectivity index (χ1v) is 9.52. The number of rotatable bonds is 4. The van der Waals surface area contributed by atoms with Crippen molar-refractivity contribution in [3.63, 3.8) is 0 Å². The van der Waals surface area contributed by atoms with Crippen LogP contribution < -0.4 is 15.4 Å². The van der Waals surface area contributed by atoms with Crippen LogP contribution in [0.1, 0.15) is 15.9 Å². The number of ether oxygens (including phenoxy) is 1. The Morgan fingerprint density at radius 2 is 1.59 bits per heavy atom. The van der Waals surface area contributed by atoms with E-state index in [1.54, 1.807) is 18.2 Å². The zero-order chi connectivity index (χ0) is 23.6. The molecule has 0 saturated carbocycles. The topological polar surface area (TPSA) is 67.4 Å². The van der Waals surface area contributed by atoms with Crippen molar-refractivity contribution in [1.29, 1.82) is 0 Å². The fourth-order valence-electron chi connectivity index (χ4n) is 2.57. The highest BCUT2D eigenvalue weighted by molar-refractivity contribution is 6.38. The number of nitrogens with one attached hydrogen (secondary N) is 2. The summed E-state index contributed by atoms with van der Waals surface area (Å²) in [6.07, 6.45) is 0. The highest BCUT2D eigenvalue weighted by Crippen LogP contribution is 2.42. The van der Waals surface area contributed by atoms with E-state index in [-0.39, 0.29) is 10.6 Å². The predicted molar refractivity (Wildman–Crippen MR) is 110 cm³/mol. The zero-order valence-corrected chi connectivity index (χ0v) is 17.5. The smallest absolute Gasteiger partial charge is 0.326 e. The molecule has 0 spiro atoms. The minimum atomic E-state index is -1.41. The van der Waals surface area contributed by atoms with Gasteiger partial charge in [0, 0.05) is 17.2 Å². The van der Waals surface area contributed by atoms with Crippen molar-refractivity contribution < 1.29 is 31.9 Å². The van der Waals surface area contributed by atoms with Gasteiger partial charge in [0.15, 0.2) is 34.8 Å². The summed E-state index contributed by atoms with van der Waals surface area (Å²) in [5.74, 6) is -7.40. The van der Waals surface area contributed by atoms with E-state index in [1.165, 1.54) is 12.1 Å². The van der Waals surface area contributed by atoms with Crippen LogP contribution in [0.25, 0.3) is 0 Å². The van der Waals surface area contributed by atoms with Crippen molar-refractivity contribution >= 4 is 40.8 Å². The molecule has 0 radical (unpaired) electrons. The normalized spacial score (nSPS) is 10.6. The van der Waals surface area contributed by atoms with Crippen LogP contribution in [0.15, 0.2) is 42.5 Å². The fourth-order valence-corrected chi connectivity index (χ4v) is 3.10. The van der Waals surface area contributed by atoms with Crippen molar-refractivity contribution in [3.05, 3.63) is 86.9 Å². The summed E-state index contributed by atoms with van der Waals surface area (Å²) in [7, 11) is 0. The van der Waals surface area contributed by atoms with Crippen LogP contribution in [0.2, 0.25) is 10.0 Å². The van der Waals surface area contributed by atoms with E-state index >= 15 is 0 Å². The highest BCUT2D eigenvalue weighted by Gasteiger charge is 2.23. The van der Waals surface area contributed by atoms with Crippen molar-refractivity contribution in [3.8, 4) is 11.5 Å². The van der Waals surface area contributed by atoms with E-state index in [9.17, 15) is 27.2 Å². The van der Waals surface area contributed by atoms with E-state index in [0.717, 1.165) is 13.0 Å². The van der Waals surface area contributed by atoms with E-state index in [0.29, 0.717) is 6.07 Å². The molecule has 0 saturated heterocycles. The fraction of sp³-hybridized carbons (Fsp3) is 0.0476. The molecule has 0 fully saturated rings. The van der Waals surface area contributed by atoms with Gasteiger partial charge in [-0.25, -0.2) is 22.4 Å². The summed E-state index contributed by atoms with van der Waals surface area (Å²) in [4.78, 5) is 24.0. The molecule has 0 aliphatic carbocycles. The van der Waals surface area contributed by atoms with E-state index < -0.39 is 63.0 Å². The molecule has 2 N–H and O–H groups in total. The third kappa shape index (κ3) is 4.79. The molecule has 0 aliphatic rings. The van der Waals surface area contributed by atoms with Crippen LogP contribution >= 0.6 is 23.2 Å². The first-order chi connectivity index (χ1) is 15.1. The third-order valence-corrected chi connectivity index (χ3v) is 4.80. The first-order valence-electron chi connectivity index (χ1n) is 8.77. The molecule has 0 atom stereocenters. The third-order valence-electron chi connectivity index (χ3n) is 4.18. The average Bonchev–Trinajstić information content (AvgIpc) is 2.77. The van der Waals surface area contributed by atoms with Gasteiger partial charge in [-0.1, -0.05) is 41.4 Å². The molecule has 3 aromatic carbocycles. The number of anilines is 1. The number of halogens is 6. The van der Waals surface area contributed by atoms with Gasteiger partial charge >= 0.3 is 6.03 Å². The van der Waals surface area contributed by atoms with Crippen molar-refractivity contribution in [1.82, 2.24) is 5.32 Å². The summed E-state index contributed by atoms with van der Waals surface area (Å²) in [5.41, 5.74) is -0.995. The second kappa shape index (κ2) is 9.46. The van der Waals surface area contributed by atoms with Crippen molar-refractivity contribution in [2.75, 3.05) is 5.32 Å². The lowest BCUT2D eigenvalue weighted by Crippen LogP contribution is -2.34. The first kappa shape index (κ1) is 23.4. The highest BCUT2D eigenvalue weighted by atomic mass is 35.5. The van der Waals surface area contributed by atoms with Gasteiger partial charge in [-0.2, -0.15) is 0 Å². The van der Waals surface area contributed by atoms with Gasteiger partial charge in [-0.3, -0.25) is 10.1 Å². The van der Waals surface area contributed by atoms with Gasteiger partial charge in [0.05, 0.1) is 10.7 Å². The Kier molecular flexibility index (Phi) is 6.90. The molecular formula is C21H12Cl2F4N2O3. The predicted octanol–water partition coefficient (Wildman–Crippen LogP) is 6.61. The number of carbonyl (C=O) groups excluding carboxylic acids is 2. The van der Waals surface area contributed by atoms with Gasteiger partial charge in [0.25, 0.3) is 5.91 Å². The summed E-state index contributed by atoms with van der Waals surface area (Å²) >= 11 is 11.9. The van der Waals surface area contributed by atoms with Crippen LogP contribution in [0, 0.1) is 30.2 Å². The van der Waals surface area contributed by atoms with Crippen LogP contribution in [-0.2, 0) is 0 Å². The summed E-state index contributed by atoms with van der Waals surface area (Å²) in [6, 6.07) is 7.98. The zero-order valence-electron chi connectivity index (χ0n) is 16.0. The largest absolute Gasteiger partial charge is 0.451 e. The molecule has 0 unspecified atom stereocenters. The molecule has 0 bridgehead atoms. The second-order valence-electron chi connectivity index (χ2n) is 6.35. The Hall–Kier alpha value is -3.30. The van der Waals surface area contributed by atoms with Crippen LogP contribution in [0.5, 0.6) is 11.5 Å². The SMILES string of the molecule is Cc1c(F)c(F)cc(Oc2c(Cl)cc(NC(=O)NC(=O)c3ccccc3)c(F)c2Cl)c1F. The molecule has 166 valence electrons. The van der Waals surface area contributed by atoms with E-state index in [2.05, 4.69) is 5.32 Å². The molecule has 5 nitrogen and oxygen atoms in total. The van der Waals surface area contributed by atoms with Gasteiger partial charge in [0.2, 0.25) is 0 Å². The lowest BCUT2D eigenvalue weighted by Gasteiger charge is -2.15. The molecule has 3 aromatic rings. The maximum Gasteiger partial charge on any atom is 0.326 e. The number of amides is 3. The number of hydrogen-bond acceptors (Lipinski definition) is 3. The maximum absolute atomic E-state index is 14.7. The number of benzene rings is 3. The maximum atomic E-state index is 14.7. The lowest BCUT2D eigenvalue weighted by atomic mass is 10.2. The lowest BCUT2D eigenvalue weighted by molar-refractivity contribution is 0.0967. The average molecular weight is 487 g/mol. The molecule has 0 aliphatic heterocycles. The molecule has 0 heterocycles. The number of urea groups is 1. The standard InChI is InChI=1S/C21H12Cl2F4N2O3/c1-9-16(25)12(24)8-14(17(9)26)32-19-11(22)7-13(18(27)15(19)23)28-21(31)29-20(30)10-5-3-2-4-6-10/h2-8H,1H3,(H2,28,29,30,31). The summed E-state index contributed by atoms with van der Waals surface area (Å²) in [6.45, 7) is 0.979. The Morgan fingerprint density at radius 3 is 2.25 bits per heavy atom. The molecular weight excluding hydrogens is 475 g/mol. The molecule has 3 rings (SSSR count). The van der Waals surface area contributed by atoms with Crippen LogP contribution in [-0.4, -0.2) is 11.9 Å². The quantitative estimate of drug-likeness (QED) is 0.322. The Bertz CT molecular complexity index is 1220. The van der Waals surface area contributed by atoms with Gasteiger partial charge in [-0.05, 0) is 25.1 Å². The van der Waals surface area contributed by atoms with Crippen molar-refractivity contribution in [2.24, 2.45) is 0 Å². The molecule has 32 heavy (non-hydrogen) atoms. The Morgan fingerprint density at radius 1 is 0.938 bits per heavy atom. The number of carbonyl (C=O) groups is 2. The summed E-state index contributed by atoms with van der Waals surface area (Å²) in [5, 5.41) is 2.90. The molecule has 0 aromatic heterocycles. The van der Waals surface area contributed by atoms with Crippen molar-refractivity contribution in [2.45, 2.75) is 6.92 Å². The Balaban J connectivity index is 1.83. The van der Waals surface area contributed by atoms with Gasteiger partial charge in [0.1, 0.15) is 5.02 Å². The Labute approximate surface area is 188 Å². The van der Waals surface area contributed by atoms with E-state index in [1.807, 2.05) is 5.32 Å². The van der Waals surface area contributed by atoms with E-state index in [4.69, 9.17) is 27.9 Å². The number of imide groups is 1.